The van der Waals surface area contributed by atoms with Crippen molar-refractivity contribution in [3.8, 4) is 0 Å². The molecule has 0 amide bonds. The monoisotopic (exact) mass is 244 g/mol. The second kappa shape index (κ2) is 4.29. The van der Waals surface area contributed by atoms with Crippen molar-refractivity contribution in [1.82, 2.24) is 4.98 Å². The lowest BCUT2D eigenvalue weighted by atomic mass is 9.80. The van der Waals surface area contributed by atoms with E-state index in [2.05, 4.69) is 4.98 Å². The predicted molar refractivity (Wildman–Crippen MR) is 58.4 cm³/mol. The van der Waals surface area contributed by atoms with Crippen molar-refractivity contribution in [3.63, 3.8) is 0 Å². The second-order valence-electron chi connectivity index (χ2n) is 4.62. The highest BCUT2D eigenvalue weighted by Gasteiger charge is 2.36. The molecule has 0 saturated heterocycles. The third-order valence-electron chi connectivity index (χ3n) is 3.62. The molecule has 2 nitrogen and oxygen atoms in total. The van der Waals surface area contributed by atoms with Crippen LogP contribution in [0.15, 0.2) is 18.3 Å². The minimum atomic E-state index is -4.37. The van der Waals surface area contributed by atoms with Gasteiger partial charge in [0.25, 0.3) is 0 Å². The van der Waals surface area contributed by atoms with Crippen LogP contribution in [0.5, 0.6) is 0 Å². The standard InChI is InChI=1S/C12H15F3N2/c13-12(14,15)10-4-3-9(7-17-10)11(8-16)5-1-2-6-11/h3-4,7H,1-2,5-6,8,16H2. The molecule has 2 N–H and O–H groups in total. The second-order valence-corrected chi connectivity index (χ2v) is 4.62. The topological polar surface area (TPSA) is 38.9 Å². The SMILES string of the molecule is NCC1(c2ccc(C(F)(F)F)nc2)CCCC1. The van der Waals surface area contributed by atoms with Crippen LogP contribution < -0.4 is 5.73 Å². The van der Waals surface area contributed by atoms with Crippen LogP contribution in [0.3, 0.4) is 0 Å². The number of hydrogen-bond donors (Lipinski definition) is 1. The van der Waals surface area contributed by atoms with E-state index in [1.54, 1.807) is 0 Å². The van der Waals surface area contributed by atoms with Gasteiger partial charge in [-0.2, -0.15) is 13.2 Å². The summed E-state index contributed by atoms with van der Waals surface area (Å²) in [5.41, 5.74) is 5.62. The van der Waals surface area contributed by atoms with E-state index in [-0.39, 0.29) is 5.41 Å². The summed E-state index contributed by atoms with van der Waals surface area (Å²) in [7, 11) is 0. The zero-order valence-electron chi connectivity index (χ0n) is 9.43. The van der Waals surface area contributed by atoms with Gasteiger partial charge < -0.3 is 5.73 Å². The van der Waals surface area contributed by atoms with E-state index in [1.807, 2.05) is 0 Å². The van der Waals surface area contributed by atoms with Crippen LogP contribution in [0.25, 0.3) is 0 Å². The molecular formula is C12H15F3N2. The first kappa shape index (κ1) is 12.4. The Bertz CT molecular complexity index is 378. The summed E-state index contributed by atoms with van der Waals surface area (Å²) in [5, 5.41) is 0. The fourth-order valence-corrected chi connectivity index (χ4v) is 2.54. The first-order valence-electron chi connectivity index (χ1n) is 5.72. The summed E-state index contributed by atoms with van der Waals surface area (Å²) in [6.45, 7) is 0.472. The Morgan fingerprint density at radius 2 is 1.88 bits per heavy atom. The highest BCUT2D eigenvalue weighted by molar-refractivity contribution is 5.26. The Kier molecular flexibility index (Phi) is 3.12. The molecule has 1 aromatic heterocycles. The molecule has 5 heteroatoms. The minimum absolute atomic E-state index is 0.156. The van der Waals surface area contributed by atoms with Gasteiger partial charge in [-0.1, -0.05) is 18.9 Å². The maximum atomic E-state index is 12.4. The van der Waals surface area contributed by atoms with Gasteiger partial charge in [0, 0.05) is 18.2 Å². The molecule has 94 valence electrons. The summed E-state index contributed by atoms with van der Waals surface area (Å²) in [6.07, 6.45) is 1.01. The zero-order valence-corrected chi connectivity index (χ0v) is 9.43. The minimum Gasteiger partial charge on any atom is -0.330 e. The fourth-order valence-electron chi connectivity index (χ4n) is 2.54. The molecule has 1 aromatic rings. The molecule has 1 heterocycles. The highest BCUT2D eigenvalue weighted by atomic mass is 19.4. The van der Waals surface area contributed by atoms with E-state index in [0.717, 1.165) is 37.3 Å². The van der Waals surface area contributed by atoms with Gasteiger partial charge in [-0.15, -0.1) is 0 Å². The van der Waals surface area contributed by atoms with Crippen LogP contribution in [0.2, 0.25) is 0 Å². The largest absolute Gasteiger partial charge is 0.433 e. The number of halogens is 3. The summed E-state index contributed by atoms with van der Waals surface area (Å²) in [5.74, 6) is 0. The average molecular weight is 244 g/mol. The molecule has 1 fully saturated rings. The number of aromatic nitrogens is 1. The molecule has 0 atom stereocenters. The molecule has 1 aliphatic carbocycles. The molecule has 0 radical (unpaired) electrons. The normalized spacial score (nSPS) is 19.5. The van der Waals surface area contributed by atoms with Gasteiger partial charge in [0.05, 0.1) is 0 Å². The summed E-state index contributed by atoms with van der Waals surface area (Å²) in [6, 6.07) is 2.57. The maximum absolute atomic E-state index is 12.4. The van der Waals surface area contributed by atoms with Gasteiger partial charge in [-0.05, 0) is 24.5 Å². The van der Waals surface area contributed by atoms with Gasteiger partial charge in [0.2, 0.25) is 0 Å². The van der Waals surface area contributed by atoms with Crippen molar-refractivity contribution >= 4 is 0 Å². The van der Waals surface area contributed by atoms with Gasteiger partial charge >= 0.3 is 6.18 Å². The summed E-state index contributed by atoms with van der Waals surface area (Å²) >= 11 is 0. The molecule has 0 bridgehead atoms. The van der Waals surface area contributed by atoms with Gasteiger partial charge in [-0.25, -0.2) is 0 Å². The van der Waals surface area contributed by atoms with Crippen molar-refractivity contribution in [2.75, 3.05) is 6.54 Å². The third kappa shape index (κ3) is 2.29. The van der Waals surface area contributed by atoms with Crippen LogP contribution in [0, 0.1) is 0 Å². The Morgan fingerprint density at radius 3 is 2.29 bits per heavy atom. The average Bonchev–Trinajstić information content (AvgIpc) is 2.78. The Balaban J connectivity index is 2.28. The molecule has 0 spiro atoms. The van der Waals surface area contributed by atoms with E-state index in [0.29, 0.717) is 6.54 Å². The highest BCUT2D eigenvalue weighted by Crippen LogP contribution is 2.40. The van der Waals surface area contributed by atoms with Crippen molar-refractivity contribution in [3.05, 3.63) is 29.6 Å². The number of rotatable bonds is 2. The molecule has 2 rings (SSSR count). The third-order valence-corrected chi connectivity index (χ3v) is 3.62. The quantitative estimate of drug-likeness (QED) is 0.868. The fraction of sp³-hybridized carbons (Fsp3) is 0.583. The maximum Gasteiger partial charge on any atom is 0.433 e. The first-order valence-corrected chi connectivity index (χ1v) is 5.72. The van der Waals surface area contributed by atoms with Gasteiger partial charge in [0.15, 0.2) is 0 Å². The van der Waals surface area contributed by atoms with Crippen LogP contribution in [0.1, 0.15) is 36.9 Å². The molecule has 0 unspecified atom stereocenters. The Hall–Kier alpha value is -1.10. The molecule has 0 aromatic carbocycles. The summed E-state index contributed by atoms with van der Waals surface area (Å²) < 4.78 is 37.2. The van der Waals surface area contributed by atoms with Gasteiger partial charge in [-0.3, -0.25) is 4.98 Å². The number of nitrogens with zero attached hydrogens (tertiary/aromatic N) is 1. The number of pyridine rings is 1. The molecule has 1 aliphatic rings. The van der Waals surface area contributed by atoms with Crippen molar-refractivity contribution < 1.29 is 13.2 Å². The van der Waals surface area contributed by atoms with E-state index in [1.165, 1.54) is 12.3 Å². The van der Waals surface area contributed by atoms with Crippen LogP contribution in [-0.4, -0.2) is 11.5 Å². The first-order chi connectivity index (χ1) is 7.98. The lowest BCUT2D eigenvalue weighted by Gasteiger charge is -2.27. The van der Waals surface area contributed by atoms with Crippen LogP contribution in [0.4, 0.5) is 13.2 Å². The number of nitrogens with two attached hydrogens (primary N) is 1. The van der Waals surface area contributed by atoms with Crippen molar-refractivity contribution in [2.24, 2.45) is 5.73 Å². The van der Waals surface area contributed by atoms with Gasteiger partial charge in [0.1, 0.15) is 5.69 Å². The number of alkyl halides is 3. The Morgan fingerprint density at radius 1 is 1.24 bits per heavy atom. The van der Waals surface area contributed by atoms with Crippen LogP contribution in [-0.2, 0) is 11.6 Å². The molecule has 1 saturated carbocycles. The Labute approximate surface area is 98.0 Å². The molecular weight excluding hydrogens is 229 g/mol. The lowest BCUT2D eigenvalue weighted by Crippen LogP contribution is -2.32. The van der Waals surface area contributed by atoms with Crippen LogP contribution >= 0.6 is 0 Å². The lowest BCUT2D eigenvalue weighted by molar-refractivity contribution is -0.141. The van der Waals surface area contributed by atoms with E-state index in [4.69, 9.17) is 5.73 Å². The predicted octanol–water partition coefficient (Wildman–Crippen LogP) is 2.87. The molecule has 0 aliphatic heterocycles. The smallest absolute Gasteiger partial charge is 0.330 e. The summed E-state index contributed by atoms with van der Waals surface area (Å²) in [4.78, 5) is 3.51. The van der Waals surface area contributed by atoms with Crippen molar-refractivity contribution in [1.29, 1.82) is 0 Å². The zero-order chi connectivity index (χ0) is 12.5. The van der Waals surface area contributed by atoms with E-state index >= 15 is 0 Å². The van der Waals surface area contributed by atoms with Crippen molar-refractivity contribution in [2.45, 2.75) is 37.3 Å². The van der Waals surface area contributed by atoms with E-state index in [9.17, 15) is 13.2 Å². The number of hydrogen-bond acceptors (Lipinski definition) is 2. The molecule has 17 heavy (non-hydrogen) atoms. The van der Waals surface area contributed by atoms with E-state index < -0.39 is 11.9 Å².